The van der Waals surface area contributed by atoms with Crippen LogP contribution in [0.3, 0.4) is 0 Å². The standard InChI is InChI=1S/C13H14O/c1-10-5-2-3-6-11(10)9-12-7-4-8-13(12)14/h2-3,5-6,9H,4,7-8H2,1H3/b12-9+. The van der Waals surface area contributed by atoms with Crippen LogP contribution in [-0.4, -0.2) is 5.78 Å². The first-order valence-electron chi connectivity index (χ1n) is 5.07. The Bertz CT molecular complexity index is 388. The van der Waals surface area contributed by atoms with Crippen LogP contribution >= 0.6 is 0 Å². The van der Waals surface area contributed by atoms with Crippen LogP contribution in [0.4, 0.5) is 0 Å². The van der Waals surface area contributed by atoms with Crippen LogP contribution in [0, 0.1) is 6.92 Å². The number of hydrogen-bond acceptors (Lipinski definition) is 1. The molecule has 0 unspecified atom stereocenters. The molecule has 1 saturated carbocycles. The lowest BCUT2D eigenvalue weighted by Gasteiger charge is -2.00. The maximum Gasteiger partial charge on any atom is 0.158 e. The van der Waals surface area contributed by atoms with Crippen molar-refractivity contribution in [3.05, 3.63) is 41.0 Å². The third kappa shape index (κ3) is 1.77. The molecule has 0 radical (unpaired) electrons. The summed E-state index contributed by atoms with van der Waals surface area (Å²) in [5.74, 6) is 0.327. The van der Waals surface area contributed by atoms with Gasteiger partial charge in [-0.05, 0) is 42.5 Å². The lowest BCUT2D eigenvalue weighted by atomic mass is 10.0. The van der Waals surface area contributed by atoms with E-state index in [4.69, 9.17) is 0 Å². The highest BCUT2D eigenvalue weighted by molar-refractivity contribution is 6.01. The van der Waals surface area contributed by atoms with Gasteiger partial charge in [0.2, 0.25) is 0 Å². The minimum atomic E-state index is 0.327. The third-order valence-corrected chi connectivity index (χ3v) is 2.73. The topological polar surface area (TPSA) is 17.1 Å². The Labute approximate surface area is 84.5 Å². The Balaban J connectivity index is 2.33. The molecule has 72 valence electrons. The highest BCUT2D eigenvalue weighted by atomic mass is 16.1. The molecule has 1 aliphatic carbocycles. The number of rotatable bonds is 1. The van der Waals surface area contributed by atoms with Gasteiger partial charge in [0.25, 0.3) is 0 Å². The summed E-state index contributed by atoms with van der Waals surface area (Å²) in [7, 11) is 0. The zero-order valence-corrected chi connectivity index (χ0v) is 8.42. The molecule has 1 fully saturated rings. The molecule has 0 amide bonds. The molecule has 0 aromatic heterocycles. The van der Waals surface area contributed by atoms with Gasteiger partial charge in [0, 0.05) is 6.42 Å². The Morgan fingerprint density at radius 1 is 1.21 bits per heavy atom. The van der Waals surface area contributed by atoms with E-state index in [1.807, 2.05) is 18.2 Å². The van der Waals surface area contributed by atoms with Crippen molar-refractivity contribution in [1.82, 2.24) is 0 Å². The highest BCUT2D eigenvalue weighted by Crippen LogP contribution is 2.23. The van der Waals surface area contributed by atoms with Gasteiger partial charge in [0.05, 0.1) is 0 Å². The molecule has 14 heavy (non-hydrogen) atoms. The largest absolute Gasteiger partial charge is 0.295 e. The smallest absolute Gasteiger partial charge is 0.158 e. The van der Waals surface area contributed by atoms with Crippen molar-refractivity contribution in [2.24, 2.45) is 0 Å². The van der Waals surface area contributed by atoms with Crippen molar-refractivity contribution in [1.29, 1.82) is 0 Å². The quantitative estimate of drug-likeness (QED) is 0.616. The molecule has 1 aromatic rings. The van der Waals surface area contributed by atoms with Crippen LogP contribution in [0.15, 0.2) is 29.8 Å². The van der Waals surface area contributed by atoms with Crippen molar-refractivity contribution in [3.8, 4) is 0 Å². The number of benzene rings is 1. The molecule has 0 saturated heterocycles. The highest BCUT2D eigenvalue weighted by Gasteiger charge is 2.16. The summed E-state index contributed by atoms with van der Waals surface area (Å²) in [6.07, 6.45) is 4.76. The number of carbonyl (C=O) groups is 1. The van der Waals surface area contributed by atoms with Crippen LogP contribution in [0.1, 0.15) is 30.4 Å². The molecule has 0 heterocycles. The normalized spacial score (nSPS) is 19.2. The van der Waals surface area contributed by atoms with E-state index in [2.05, 4.69) is 19.1 Å². The SMILES string of the molecule is Cc1ccccc1/C=C1\CCCC1=O. The number of Topliss-reactive ketones (excluding diaryl/α,β-unsaturated/α-hetero) is 1. The van der Waals surface area contributed by atoms with Gasteiger partial charge >= 0.3 is 0 Å². The first-order chi connectivity index (χ1) is 6.77. The van der Waals surface area contributed by atoms with E-state index in [1.165, 1.54) is 11.1 Å². The molecule has 1 heteroatoms. The number of aryl methyl sites for hydroxylation is 1. The van der Waals surface area contributed by atoms with Crippen LogP contribution < -0.4 is 0 Å². The predicted molar refractivity (Wildman–Crippen MR) is 58.0 cm³/mol. The first kappa shape index (κ1) is 9.20. The van der Waals surface area contributed by atoms with Crippen molar-refractivity contribution < 1.29 is 4.79 Å². The van der Waals surface area contributed by atoms with Crippen molar-refractivity contribution in [3.63, 3.8) is 0 Å². The molecule has 1 aromatic carbocycles. The molecule has 1 aliphatic rings. The fourth-order valence-electron chi connectivity index (χ4n) is 1.83. The van der Waals surface area contributed by atoms with Crippen LogP contribution in [0.25, 0.3) is 6.08 Å². The number of allylic oxidation sites excluding steroid dienone is 1. The summed E-state index contributed by atoms with van der Waals surface area (Å²) in [5.41, 5.74) is 3.41. The second-order valence-corrected chi connectivity index (χ2v) is 3.80. The Morgan fingerprint density at radius 2 is 2.00 bits per heavy atom. The molecule has 0 bridgehead atoms. The maximum atomic E-state index is 11.4. The Hall–Kier alpha value is -1.37. The van der Waals surface area contributed by atoms with Crippen LogP contribution in [0.2, 0.25) is 0 Å². The van der Waals surface area contributed by atoms with Crippen LogP contribution in [0.5, 0.6) is 0 Å². The van der Waals surface area contributed by atoms with E-state index < -0.39 is 0 Å². The monoisotopic (exact) mass is 186 g/mol. The summed E-state index contributed by atoms with van der Waals surface area (Å²) in [4.78, 5) is 11.4. The van der Waals surface area contributed by atoms with E-state index in [0.717, 1.165) is 24.8 Å². The number of carbonyl (C=O) groups excluding carboxylic acids is 1. The van der Waals surface area contributed by atoms with Crippen molar-refractivity contribution in [2.45, 2.75) is 26.2 Å². The average molecular weight is 186 g/mol. The van der Waals surface area contributed by atoms with E-state index in [0.29, 0.717) is 5.78 Å². The van der Waals surface area contributed by atoms with Gasteiger partial charge in [-0.2, -0.15) is 0 Å². The van der Waals surface area contributed by atoms with Crippen LogP contribution in [-0.2, 0) is 4.79 Å². The minimum Gasteiger partial charge on any atom is -0.295 e. The van der Waals surface area contributed by atoms with E-state index in [-0.39, 0.29) is 0 Å². The predicted octanol–water partition coefficient (Wildman–Crippen LogP) is 3.13. The molecule has 0 N–H and O–H groups in total. The summed E-state index contributed by atoms with van der Waals surface area (Å²) >= 11 is 0. The molecule has 0 spiro atoms. The van der Waals surface area contributed by atoms with Crippen molar-refractivity contribution in [2.75, 3.05) is 0 Å². The molecule has 0 atom stereocenters. The van der Waals surface area contributed by atoms with E-state index in [9.17, 15) is 4.79 Å². The maximum absolute atomic E-state index is 11.4. The van der Waals surface area contributed by atoms with E-state index >= 15 is 0 Å². The molecule has 0 aliphatic heterocycles. The second kappa shape index (κ2) is 3.79. The zero-order valence-electron chi connectivity index (χ0n) is 8.42. The fraction of sp³-hybridized carbons (Fsp3) is 0.308. The molecule has 2 rings (SSSR count). The zero-order chi connectivity index (χ0) is 9.97. The average Bonchev–Trinajstić information content (AvgIpc) is 2.56. The summed E-state index contributed by atoms with van der Waals surface area (Å²) in [6.45, 7) is 2.08. The third-order valence-electron chi connectivity index (χ3n) is 2.73. The minimum absolute atomic E-state index is 0.327. The number of ketones is 1. The Morgan fingerprint density at radius 3 is 2.64 bits per heavy atom. The van der Waals surface area contributed by atoms with E-state index in [1.54, 1.807) is 0 Å². The number of hydrogen-bond donors (Lipinski definition) is 0. The summed E-state index contributed by atoms with van der Waals surface area (Å²) in [5, 5.41) is 0. The summed E-state index contributed by atoms with van der Waals surface area (Å²) in [6, 6.07) is 8.17. The van der Waals surface area contributed by atoms with Gasteiger partial charge < -0.3 is 0 Å². The Kier molecular flexibility index (Phi) is 2.49. The van der Waals surface area contributed by atoms with Gasteiger partial charge in [-0.25, -0.2) is 0 Å². The molecular weight excluding hydrogens is 172 g/mol. The lowest BCUT2D eigenvalue weighted by Crippen LogP contribution is -1.91. The van der Waals surface area contributed by atoms with Crippen molar-refractivity contribution >= 4 is 11.9 Å². The molecule has 1 nitrogen and oxygen atoms in total. The van der Waals surface area contributed by atoms with Gasteiger partial charge in [0.15, 0.2) is 5.78 Å². The first-order valence-corrected chi connectivity index (χ1v) is 5.07. The van der Waals surface area contributed by atoms with Gasteiger partial charge in [-0.3, -0.25) is 4.79 Å². The lowest BCUT2D eigenvalue weighted by molar-refractivity contribution is -0.114. The van der Waals surface area contributed by atoms with Gasteiger partial charge in [0.1, 0.15) is 0 Å². The molecular formula is C13H14O. The van der Waals surface area contributed by atoms with Gasteiger partial charge in [-0.15, -0.1) is 0 Å². The summed E-state index contributed by atoms with van der Waals surface area (Å²) < 4.78 is 0. The van der Waals surface area contributed by atoms with Gasteiger partial charge in [-0.1, -0.05) is 24.3 Å². The fourth-order valence-corrected chi connectivity index (χ4v) is 1.83. The second-order valence-electron chi connectivity index (χ2n) is 3.80.